The Bertz CT molecular complexity index is 1190. The van der Waals surface area contributed by atoms with Crippen LogP contribution in [-0.4, -0.2) is 63.5 Å². The number of nitrogens with zero attached hydrogens (tertiary/aromatic N) is 4. The van der Waals surface area contributed by atoms with Crippen molar-refractivity contribution in [2.24, 2.45) is 0 Å². The third-order valence-electron chi connectivity index (χ3n) is 5.89. The van der Waals surface area contributed by atoms with Crippen molar-refractivity contribution in [3.05, 3.63) is 64.8 Å². The highest BCUT2D eigenvalue weighted by Gasteiger charge is 2.24. The molecule has 0 radical (unpaired) electrons. The van der Waals surface area contributed by atoms with Crippen molar-refractivity contribution < 1.29 is 14.0 Å². The number of carbonyl (C=O) groups excluding carboxylic acids is 2. The van der Waals surface area contributed by atoms with Gasteiger partial charge >= 0.3 is 5.69 Å². The summed E-state index contributed by atoms with van der Waals surface area (Å²) in [5, 5.41) is 2.75. The zero-order chi connectivity index (χ0) is 23.4. The van der Waals surface area contributed by atoms with E-state index in [1.807, 2.05) is 36.1 Å². The number of hydrogen-bond acceptors (Lipinski definition) is 4. The lowest BCUT2D eigenvalue weighted by atomic mass is 10.2. The third-order valence-corrected chi connectivity index (χ3v) is 5.89. The molecule has 1 aliphatic rings. The Hall–Kier alpha value is -3.46. The minimum atomic E-state index is -0.356. The number of fused-ring (bicyclic) bond motifs is 1. The number of piperazine rings is 1. The first-order chi connectivity index (χ1) is 16.0. The molecule has 3 aromatic rings. The highest BCUT2D eigenvalue weighted by Crippen LogP contribution is 2.14. The molecule has 0 aliphatic carbocycles. The lowest BCUT2D eigenvalue weighted by Gasteiger charge is -2.34. The predicted molar refractivity (Wildman–Crippen MR) is 125 cm³/mol. The summed E-state index contributed by atoms with van der Waals surface area (Å²) < 4.78 is 16.3. The van der Waals surface area contributed by atoms with E-state index < -0.39 is 0 Å². The van der Waals surface area contributed by atoms with E-state index in [-0.39, 0.29) is 36.4 Å². The zero-order valence-electron chi connectivity index (χ0n) is 18.7. The maximum Gasteiger partial charge on any atom is 0.329 e. The topological polar surface area (TPSA) is 79.6 Å². The Labute approximate surface area is 191 Å². The molecule has 2 amide bonds. The number of hydrogen-bond donors (Lipinski definition) is 1. The van der Waals surface area contributed by atoms with Crippen molar-refractivity contribution in [3.8, 4) is 0 Å². The van der Waals surface area contributed by atoms with Crippen LogP contribution in [0.5, 0.6) is 0 Å². The second-order valence-corrected chi connectivity index (χ2v) is 8.22. The van der Waals surface area contributed by atoms with Crippen LogP contribution in [0.3, 0.4) is 0 Å². The fourth-order valence-electron chi connectivity index (χ4n) is 4.19. The Morgan fingerprint density at radius 2 is 1.55 bits per heavy atom. The Morgan fingerprint density at radius 3 is 2.18 bits per heavy atom. The van der Waals surface area contributed by atoms with Gasteiger partial charge < -0.3 is 10.2 Å². The summed E-state index contributed by atoms with van der Waals surface area (Å²) in [6.07, 6.45) is 0.832. The number of aryl methyl sites for hydroxylation is 1. The van der Waals surface area contributed by atoms with Crippen molar-refractivity contribution in [2.45, 2.75) is 26.4 Å². The molecule has 8 nitrogen and oxygen atoms in total. The van der Waals surface area contributed by atoms with Crippen LogP contribution in [0.25, 0.3) is 11.0 Å². The minimum absolute atomic E-state index is 0.00110. The van der Waals surface area contributed by atoms with Gasteiger partial charge in [0.15, 0.2) is 0 Å². The molecule has 0 saturated carbocycles. The van der Waals surface area contributed by atoms with Gasteiger partial charge in [0.05, 0.1) is 17.6 Å². The van der Waals surface area contributed by atoms with Gasteiger partial charge in [-0.05, 0) is 42.8 Å². The van der Waals surface area contributed by atoms with Crippen LogP contribution >= 0.6 is 0 Å². The highest BCUT2D eigenvalue weighted by molar-refractivity contribution is 5.92. The average molecular weight is 454 g/mol. The SMILES string of the molecule is CCCn1c(=O)n(CC(=O)N2CCN(CC(=O)Nc3ccc(F)cc3)CC2)c2ccccc21. The van der Waals surface area contributed by atoms with Crippen molar-refractivity contribution in [1.82, 2.24) is 18.9 Å². The lowest BCUT2D eigenvalue weighted by Crippen LogP contribution is -2.51. The van der Waals surface area contributed by atoms with Crippen LogP contribution < -0.4 is 11.0 Å². The Kier molecular flexibility index (Phi) is 6.88. The number of carbonyl (C=O) groups is 2. The Balaban J connectivity index is 1.34. The summed E-state index contributed by atoms with van der Waals surface area (Å²) in [4.78, 5) is 41.9. The van der Waals surface area contributed by atoms with Gasteiger partial charge in [-0.1, -0.05) is 19.1 Å². The van der Waals surface area contributed by atoms with Crippen LogP contribution in [0.2, 0.25) is 0 Å². The molecule has 0 bridgehead atoms. The monoisotopic (exact) mass is 453 g/mol. The first-order valence-electron chi connectivity index (χ1n) is 11.2. The summed E-state index contributed by atoms with van der Waals surface area (Å²) in [5.74, 6) is -0.644. The third kappa shape index (κ3) is 5.14. The van der Waals surface area contributed by atoms with Crippen molar-refractivity contribution >= 4 is 28.5 Å². The molecule has 1 fully saturated rings. The van der Waals surface area contributed by atoms with E-state index in [2.05, 4.69) is 5.32 Å². The van der Waals surface area contributed by atoms with E-state index in [0.717, 1.165) is 17.5 Å². The fourth-order valence-corrected chi connectivity index (χ4v) is 4.19. The number of halogens is 1. The maximum atomic E-state index is 13.0. The summed E-state index contributed by atoms with van der Waals surface area (Å²) in [5.41, 5.74) is 1.99. The van der Waals surface area contributed by atoms with Gasteiger partial charge in [-0.15, -0.1) is 0 Å². The number of aromatic nitrogens is 2. The molecular formula is C24H28FN5O3. The standard InChI is InChI=1S/C24H28FN5O3/c1-2-11-29-20-5-3-4-6-21(20)30(24(29)33)17-23(32)28-14-12-27(13-15-28)16-22(31)26-19-9-7-18(25)8-10-19/h3-10H,2,11-17H2,1H3,(H,26,31). The lowest BCUT2D eigenvalue weighted by molar-refractivity contribution is -0.133. The van der Waals surface area contributed by atoms with E-state index in [9.17, 15) is 18.8 Å². The molecule has 1 saturated heterocycles. The van der Waals surface area contributed by atoms with Crippen molar-refractivity contribution in [3.63, 3.8) is 0 Å². The number of nitrogens with one attached hydrogen (secondary N) is 1. The molecule has 1 aromatic heterocycles. The largest absolute Gasteiger partial charge is 0.339 e. The number of anilines is 1. The van der Waals surface area contributed by atoms with Gasteiger partial charge in [-0.2, -0.15) is 0 Å². The van der Waals surface area contributed by atoms with Gasteiger partial charge in [0.2, 0.25) is 11.8 Å². The highest BCUT2D eigenvalue weighted by atomic mass is 19.1. The van der Waals surface area contributed by atoms with Crippen molar-refractivity contribution in [1.29, 1.82) is 0 Å². The molecule has 1 N–H and O–H groups in total. The van der Waals surface area contributed by atoms with Gasteiger partial charge in [0, 0.05) is 38.4 Å². The second-order valence-electron chi connectivity index (χ2n) is 8.22. The second kappa shape index (κ2) is 9.99. The zero-order valence-corrected chi connectivity index (χ0v) is 18.7. The number of amides is 2. The quantitative estimate of drug-likeness (QED) is 0.595. The van der Waals surface area contributed by atoms with Crippen LogP contribution in [0, 0.1) is 5.82 Å². The number of benzene rings is 2. The van der Waals surface area contributed by atoms with E-state index in [4.69, 9.17) is 0 Å². The molecule has 0 unspecified atom stereocenters. The van der Waals surface area contributed by atoms with Gasteiger partial charge in [-0.3, -0.25) is 23.6 Å². The number of imidazole rings is 1. The molecule has 4 rings (SSSR count). The number of rotatable bonds is 7. The van der Waals surface area contributed by atoms with Crippen molar-refractivity contribution in [2.75, 3.05) is 38.0 Å². The molecule has 1 aliphatic heterocycles. The van der Waals surface area contributed by atoms with Crippen LogP contribution in [0.4, 0.5) is 10.1 Å². The molecule has 9 heteroatoms. The van der Waals surface area contributed by atoms with E-state index >= 15 is 0 Å². The fraction of sp³-hybridized carbons (Fsp3) is 0.375. The van der Waals surface area contributed by atoms with Crippen LogP contribution in [0.1, 0.15) is 13.3 Å². The Morgan fingerprint density at radius 1 is 0.909 bits per heavy atom. The van der Waals surface area contributed by atoms with Crippen LogP contribution in [0.15, 0.2) is 53.3 Å². The average Bonchev–Trinajstić information content (AvgIpc) is 3.07. The molecule has 2 heterocycles. The van der Waals surface area contributed by atoms with Gasteiger partial charge in [-0.25, -0.2) is 9.18 Å². The first-order valence-corrected chi connectivity index (χ1v) is 11.2. The summed E-state index contributed by atoms with van der Waals surface area (Å²) in [6, 6.07) is 13.2. The summed E-state index contributed by atoms with van der Waals surface area (Å²) in [7, 11) is 0. The number of para-hydroxylation sites is 2. The molecule has 0 atom stereocenters. The minimum Gasteiger partial charge on any atom is -0.339 e. The smallest absolute Gasteiger partial charge is 0.329 e. The first kappa shape index (κ1) is 22.7. The molecular weight excluding hydrogens is 425 g/mol. The van der Waals surface area contributed by atoms with E-state index in [1.165, 1.54) is 24.3 Å². The van der Waals surface area contributed by atoms with Crippen LogP contribution in [-0.2, 0) is 22.7 Å². The summed E-state index contributed by atoms with van der Waals surface area (Å²) >= 11 is 0. The summed E-state index contributed by atoms with van der Waals surface area (Å²) in [6.45, 7) is 4.94. The van der Waals surface area contributed by atoms with Gasteiger partial charge in [0.1, 0.15) is 12.4 Å². The van der Waals surface area contributed by atoms with Gasteiger partial charge in [0.25, 0.3) is 0 Å². The van der Waals surface area contributed by atoms with E-state index in [0.29, 0.717) is 38.4 Å². The predicted octanol–water partition coefficient (Wildman–Crippen LogP) is 2.13. The maximum absolute atomic E-state index is 13.0. The molecule has 2 aromatic carbocycles. The molecule has 0 spiro atoms. The molecule has 33 heavy (non-hydrogen) atoms. The van der Waals surface area contributed by atoms with E-state index in [1.54, 1.807) is 14.0 Å². The molecule has 174 valence electrons. The normalized spacial score (nSPS) is 14.5.